The lowest BCUT2D eigenvalue weighted by atomic mass is 9.94. The fraction of sp³-hybridized carbons (Fsp3) is 0.237. The van der Waals surface area contributed by atoms with Crippen LogP contribution in [-0.4, -0.2) is 41.1 Å². The summed E-state index contributed by atoms with van der Waals surface area (Å²) < 4.78 is 24.5. The summed E-state index contributed by atoms with van der Waals surface area (Å²) in [5, 5.41) is 12.1. The molecule has 1 amide bonds. The highest BCUT2D eigenvalue weighted by Gasteiger charge is 2.48. The molecule has 5 aromatic rings. The quantitative estimate of drug-likeness (QED) is 0.0925. The van der Waals surface area contributed by atoms with Crippen LogP contribution in [0.5, 0.6) is 23.0 Å². The van der Waals surface area contributed by atoms with E-state index in [4.69, 9.17) is 23.9 Å². The number of nitrogens with zero attached hydrogens (tertiary/aromatic N) is 2. The van der Waals surface area contributed by atoms with Crippen LogP contribution in [0.1, 0.15) is 49.1 Å². The van der Waals surface area contributed by atoms with Crippen molar-refractivity contribution in [1.82, 2.24) is 4.98 Å². The van der Waals surface area contributed by atoms with Gasteiger partial charge >= 0.3 is 5.91 Å². The second-order valence-electron chi connectivity index (χ2n) is 11.6. The average molecular weight is 663 g/mol. The van der Waals surface area contributed by atoms with Crippen molar-refractivity contribution in [3.05, 3.63) is 113 Å². The number of thiazole rings is 1. The third kappa shape index (κ3) is 5.84. The molecule has 0 spiro atoms. The van der Waals surface area contributed by atoms with Gasteiger partial charge in [0.2, 0.25) is 0 Å². The number of amides is 1. The molecule has 10 heteroatoms. The Kier molecular flexibility index (Phi) is 8.49. The first-order valence-corrected chi connectivity index (χ1v) is 16.7. The van der Waals surface area contributed by atoms with Gasteiger partial charge in [-0.15, -0.1) is 0 Å². The molecule has 1 N–H and O–H groups in total. The molecule has 1 fully saturated rings. The molecule has 2 aliphatic rings. The molecule has 2 aliphatic heterocycles. The Labute approximate surface area is 282 Å². The van der Waals surface area contributed by atoms with E-state index in [1.807, 2.05) is 75.4 Å². The maximum atomic E-state index is 13.9. The summed E-state index contributed by atoms with van der Waals surface area (Å²) >= 11 is 1.27. The second kappa shape index (κ2) is 13.0. The summed E-state index contributed by atoms with van der Waals surface area (Å²) in [7, 11) is 0. The molecule has 48 heavy (non-hydrogen) atoms. The van der Waals surface area contributed by atoms with E-state index < -0.39 is 17.7 Å². The molecule has 0 bridgehead atoms. The number of aromatic nitrogens is 1. The van der Waals surface area contributed by atoms with Crippen LogP contribution >= 0.6 is 11.3 Å². The number of anilines is 1. The van der Waals surface area contributed by atoms with E-state index in [-0.39, 0.29) is 17.4 Å². The summed E-state index contributed by atoms with van der Waals surface area (Å²) in [6, 6.07) is 24.9. The van der Waals surface area contributed by atoms with Gasteiger partial charge in [-0.3, -0.25) is 14.5 Å². The van der Waals surface area contributed by atoms with E-state index in [1.54, 1.807) is 30.3 Å². The summed E-state index contributed by atoms with van der Waals surface area (Å²) in [6.07, 6.45) is 0.677. The van der Waals surface area contributed by atoms with Crippen molar-refractivity contribution in [2.45, 2.75) is 45.9 Å². The first kappa shape index (κ1) is 31.3. The molecule has 0 aliphatic carbocycles. The van der Waals surface area contributed by atoms with Gasteiger partial charge in [-0.1, -0.05) is 47.7 Å². The third-order valence-corrected chi connectivity index (χ3v) is 9.32. The van der Waals surface area contributed by atoms with Crippen LogP contribution in [0.4, 0.5) is 5.13 Å². The van der Waals surface area contributed by atoms with Crippen molar-refractivity contribution in [2.24, 2.45) is 0 Å². The highest BCUT2D eigenvalue weighted by atomic mass is 32.1. The minimum absolute atomic E-state index is 0.00450. The number of fused-ring (bicyclic) bond motifs is 2. The first-order chi connectivity index (χ1) is 23.3. The largest absolute Gasteiger partial charge is 0.507 e. The molecule has 0 saturated carbocycles. The molecule has 3 heterocycles. The molecular formula is C38H34N2O7S. The summed E-state index contributed by atoms with van der Waals surface area (Å²) in [6.45, 7) is 6.95. The first-order valence-electron chi connectivity index (χ1n) is 15.9. The van der Waals surface area contributed by atoms with Crippen molar-refractivity contribution in [3.8, 4) is 23.0 Å². The monoisotopic (exact) mass is 662 g/mol. The van der Waals surface area contributed by atoms with Crippen molar-refractivity contribution >= 4 is 44.1 Å². The number of rotatable bonds is 10. The normalized spacial score (nSPS) is 18.2. The van der Waals surface area contributed by atoms with Crippen LogP contribution < -0.4 is 23.8 Å². The van der Waals surface area contributed by atoms with E-state index in [9.17, 15) is 14.7 Å². The van der Waals surface area contributed by atoms with E-state index in [2.05, 4.69) is 0 Å². The molecule has 4 aromatic carbocycles. The lowest BCUT2D eigenvalue weighted by Crippen LogP contribution is -2.29. The van der Waals surface area contributed by atoms with E-state index in [0.29, 0.717) is 65.3 Å². The van der Waals surface area contributed by atoms with Crippen molar-refractivity contribution < 1.29 is 33.6 Å². The van der Waals surface area contributed by atoms with Gasteiger partial charge in [0.05, 0.1) is 35.0 Å². The van der Waals surface area contributed by atoms with Crippen LogP contribution in [0.2, 0.25) is 0 Å². The Morgan fingerprint density at radius 3 is 2.54 bits per heavy atom. The van der Waals surface area contributed by atoms with Crippen LogP contribution in [0.3, 0.4) is 0 Å². The lowest BCUT2D eigenvalue weighted by molar-refractivity contribution is -0.132. The Hall–Kier alpha value is -5.35. The van der Waals surface area contributed by atoms with Crippen LogP contribution in [0.15, 0.2) is 90.5 Å². The lowest BCUT2D eigenvalue weighted by Gasteiger charge is -2.24. The smallest absolute Gasteiger partial charge is 0.301 e. The maximum Gasteiger partial charge on any atom is 0.301 e. The van der Waals surface area contributed by atoms with Gasteiger partial charge in [-0.25, -0.2) is 4.98 Å². The van der Waals surface area contributed by atoms with Crippen molar-refractivity contribution in [3.63, 3.8) is 0 Å². The minimum Gasteiger partial charge on any atom is -0.507 e. The number of aliphatic hydroxyl groups excluding tert-OH is 1. The van der Waals surface area contributed by atoms with Crippen LogP contribution in [0, 0.1) is 0 Å². The molecule has 7 rings (SSSR count). The highest BCUT2D eigenvalue weighted by molar-refractivity contribution is 7.22. The van der Waals surface area contributed by atoms with Gasteiger partial charge in [0, 0.05) is 12.0 Å². The Morgan fingerprint density at radius 2 is 1.75 bits per heavy atom. The van der Waals surface area contributed by atoms with Gasteiger partial charge in [0.25, 0.3) is 5.78 Å². The molecular weight excluding hydrogens is 628 g/mol. The standard InChI is InChI=1S/C38H34N2O7S/c1-4-44-27-13-14-28-32(20-27)48-38(39-28)40-34(24-11-16-30(31(19-24)45-5-2)46-21-23-9-7-6-8-10-23)33(36(42)37(40)43)35(41)25-12-15-29-26(18-25)17-22(3)47-29/h6-16,18-20,22,34,41H,4-5,17,21H2,1-3H3. The number of benzene rings is 4. The number of hydrogen-bond donors (Lipinski definition) is 1. The molecule has 0 radical (unpaired) electrons. The third-order valence-electron chi connectivity index (χ3n) is 8.30. The fourth-order valence-electron chi connectivity index (χ4n) is 6.14. The van der Waals surface area contributed by atoms with Gasteiger partial charge in [-0.2, -0.15) is 0 Å². The van der Waals surface area contributed by atoms with Gasteiger partial charge < -0.3 is 24.1 Å². The van der Waals surface area contributed by atoms with Crippen LogP contribution in [0.25, 0.3) is 16.0 Å². The molecule has 2 atom stereocenters. The van der Waals surface area contributed by atoms with Crippen molar-refractivity contribution in [1.29, 1.82) is 0 Å². The number of aliphatic hydroxyl groups is 1. The van der Waals surface area contributed by atoms with E-state index in [1.165, 1.54) is 16.2 Å². The number of ketones is 1. The molecule has 1 aromatic heterocycles. The molecule has 1 saturated heterocycles. The topological polar surface area (TPSA) is 107 Å². The number of hydrogen-bond acceptors (Lipinski definition) is 9. The fourth-order valence-corrected chi connectivity index (χ4v) is 7.16. The van der Waals surface area contributed by atoms with E-state index in [0.717, 1.165) is 21.6 Å². The number of ether oxygens (including phenoxy) is 4. The van der Waals surface area contributed by atoms with Crippen LogP contribution in [-0.2, 0) is 22.6 Å². The minimum atomic E-state index is -0.997. The molecule has 2 unspecified atom stereocenters. The number of carbonyl (C=O) groups excluding carboxylic acids is 2. The SMILES string of the molecule is CCOc1ccc2nc(N3C(=O)C(=O)C(=C(O)c4ccc5c(c4)CC(C)O5)C3c3ccc(OCc4ccccc4)c(OCC)c3)sc2c1. The summed E-state index contributed by atoms with van der Waals surface area (Å²) in [5.74, 6) is 0.518. The van der Waals surface area contributed by atoms with E-state index >= 15 is 0 Å². The maximum absolute atomic E-state index is 13.9. The number of Topliss-reactive ketones (excluding diaryl/α,β-unsaturated/α-hetero) is 1. The Bertz CT molecular complexity index is 2060. The highest BCUT2D eigenvalue weighted by Crippen LogP contribution is 2.46. The molecule has 244 valence electrons. The Balaban J connectivity index is 1.35. The Morgan fingerprint density at radius 1 is 0.938 bits per heavy atom. The zero-order valence-electron chi connectivity index (χ0n) is 26.8. The van der Waals surface area contributed by atoms with Gasteiger partial charge in [-0.05, 0) is 86.0 Å². The summed E-state index contributed by atoms with van der Waals surface area (Å²) in [5.41, 5.74) is 3.52. The zero-order valence-corrected chi connectivity index (χ0v) is 27.6. The van der Waals surface area contributed by atoms with Crippen molar-refractivity contribution in [2.75, 3.05) is 18.1 Å². The summed E-state index contributed by atoms with van der Waals surface area (Å²) in [4.78, 5) is 34.0. The van der Waals surface area contributed by atoms with Gasteiger partial charge in [0.1, 0.15) is 30.0 Å². The average Bonchev–Trinajstić information content (AvgIpc) is 3.76. The predicted molar refractivity (Wildman–Crippen MR) is 184 cm³/mol. The molecule has 9 nitrogen and oxygen atoms in total. The zero-order chi connectivity index (χ0) is 33.4. The van der Waals surface area contributed by atoms with Gasteiger partial charge in [0.15, 0.2) is 16.6 Å². The predicted octanol–water partition coefficient (Wildman–Crippen LogP) is 7.62. The number of carbonyl (C=O) groups is 2. The second-order valence-corrected chi connectivity index (χ2v) is 12.6.